The van der Waals surface area contributed by atoms with Crippen LogP contribution in [0.2, 0.25) is 0 Å². The van der Waals surface area contributed by atoms with Gasteiger partial charge in [-0.25, -0.2) is 13.9 Å². The van der Waals surface area contributed by atoms with Gasteiger partial charge in [0, 0.05) is 43.0 Å². The Hall–Kier alpha value is -2.67. The number of hydrogen-bond acceptors (Lipinski definition) is 5. The second-order valence-corrected chi connectivity index (χ2v) is 6.56. The molecule has 3 aromatic rings. The van der Waals surface area contributed by atoms with E-state index in [1.54, 1.807) is 22.8 Å². The van der Waals surface area contributed by atoms with Crippen molar-refractivity contribution < 1.29 is 9.13 Å². The molecule has 1 N–H and O–H groups in total. The SMILES string of the molecule is Fc1ccc2cc1-c1cnn3ccc(nc13)N[C@@H]1CCN(CCO2)C1. The minimum absolute atomic E-state index is 0.307. The van der Waals surface area contributed by atoms with Crippen molar-refractivity contribution in [3.63, 3.8) is 0 Å². The Labute approximate surface area is 144 Å². The van der Waals surface area contributed by atoms with Crippen LogP contribution in [0.3, 0.4) is 0 Å². The Bertz CT molecular complexity index is 940. The summed E-state index contributed by atoms with van der Waals surface area (Å²) in [5.41, 5.74) is 1.75. The normalized spacial score (nSPS) is 22.4. The molecule has 7 heteroatoms. The fourth-order valence-electron chi connectivity index (χ4n) is 3.60. The number of halogens is 1. The predicted octanol–water partition coefficient (Wildman–Crippen LogP) is 2.41. The van der Waals surface area contributed by atoms with Crippen LogP contribution >= 0.6 is 0 Å². The molecule has 5 rings (SSSR count). The zero-order valence-electron chi connectivity index (χ0n) is 13.7. The molecule has 25 heavy (non-hydrogen) atoms. The minimum Gasteiger partial charge on any atom is -0.492 e. The minimum atomic E-state index is -0.307. The van der Waals surface area contributed by atoms with E-state index in [1.165, 1.54) is 6.07 Å². The molecule has 0 aliphatic carbocycles. The number of aromatic nitrogens is 3. The molecule has 1 unspecified atom stereocenters. The fourth-order valence-corrected chi connectivity index (χ4v) is 3.60. The highest BCUT2D eigenvalue weighted by Crippen LogP contribution is 2.30. The summed E-state index contributed by atoms with van der Waals surface area (Å²) >= 11 is 0. The molecule has 2 aliphatic rings. The molecule has 0 amide bonds. The van der Waals surface area contributed by atoms with Crippen molar-refractivity contribution in [1.82, 2.24) is 19.5 Å². The number of fused-ring (bicyclic) bond motifs is 6. The Morgan fingerprint density at radius 1 is 1.20 bits per heavy atom. The van der Waals surface area contributed by atoms with E-state index < -0.39 is 0 Å². The number of benzene rings is 1. The van der Waals surface area contributed by atoms with Crippen molar-refractivity contribution in [3.05, 3.63) is 42.5 Å². The summed E-state index contributed by atoms with van der Waals surface area (Å²) in [6.07, 6.45) is 4.57. The zero-order valence-corrected chi connectivity index (χ0v) is 13.7. The van der Waals surface area contributed by atoms with Crippen molar-refractivity contribution in [2.24, 2.45) is 0 Å². The first kappa shape index (κ1) is 14.7. The van der Waals surface area contributed by atoms with E-state index in [2.05, 4.69) is 20.3 Å². The maximum absolute atomic E-state index is 14.4. The van der Waals surface area contributed by atoms with Crippen LogP contribution in [-0.4, -0.2) is 51.8 Å². The van der Waals surface area contributed by atoms with E-state index in [4.69, 9.17) is 4.74 Å². The molecule has 2 aliphatic heterocycles. The van der Waals surface area contributed by atoms with Gasteiger partial charge in [0.05, 0.1) is 6.20 Å². The molecule has 1 aromatic carbocycles. The first-order valence-corrected chi connectivity index (χ1v) is 8.52. The molecule has 1 fully saturated rings. The number of hydrogen-bond donors (Lipinski definition) is 1. The van der Waals surface area contributed by atoms with E-state index >= 15 is 0 Å². The molecule has 1 saturated heterocycles. The van der Waals surface area contributed by atoms with Crippen molar-refractivity contribution in [2.75, 3.05) is 31.6 Å². The quantitative estimate of drug-likeness (QED) is 0.682. The van der Waals surface area contributed by atoms with Crippen LogP contribution in [0, 0.1) is 5.82 Å². The Kier molecular flexibility index (Phi) is 3.34. The molecule has 4 heterocycles. The molecular formula is C18H18FN5O. The van der Waals surface area contributed by atoms with Gasteiger partial charge in [-0.15, -0.1) is 0 Å². The van der Waals surface area contributed by atoms with E-state index in [9.17, 15) is 4.39 Å². The monoisotopic (exact) mass is 339 g/mol. The lowest BCUT2D eigenvalue weighted by Gasteiger charge is -2.18. The van der Waals surface area contributed by atoms with E-state index in [1.807, 2.05) is 12.3 Å². The summed E-state index contributed by atoms with van der Waals surface area (Å²) in [6.45, 7) is 3.45. The standard InChI is InChI=1S/C18H18FN5O/c19-16-2-1-13-9-14(16)15-10-20-24-6-4-17(22-18(15)24)21-12-3-5-23(11-12)7-8-25-13/h1-2,4,6,9-10,12H,3,5,7-8,11H2,(H,21,22)/t12-/m1/s1. The van der Waals surface area contributed by atoms with Gasteiger partial charge in [-0.05, 0) is 30.7 Å². The summed E-state index contributed by atoms with van der Waals surface area (Å²) in [7, 11) is 0. The third-order valence-electron chi connectivity index (χ3n) is 4.90. The molecule has 0 saturated carbocycles. The maximum Gasteiger partial charge on any atom is 0.165 e. The summed E-state index contributed by atoms with van der Waals surface area (Å²) in [5.74, 6) is 1.15. The van der Waals surface area contributed by atoms with Crippen LogP contribution in [0.15, 0.2) is 36.7 Å². The Balaban J connectivity index is 1.67. The Morgan fingerprint density at radius 3 is 3.12 bits per heavy atom. The largest absolute Gasteiger partial charge is 0.492 e. The summed E-state index contributed by atoms with van der Waals surface area (Å²) < 4.78 is 21.9. The van der Waals surface area contributed by atoms with Crippen LogP contribution in [0.25, 0.3) is 16.8 Å². The van der Waals surface area contributed by atoms with Crippen molar-refractivity contribution in [2.45, 2.75) is 12.5 Å². The van der Waals surface area contributed by atoms with Crippen LogP contribution in [0.1, 0.15) is 6.42 Å². The van der Waals surface area contributed by atoms with Crippen LogP contribution < -0.4 is 10.1 Å². The highest BCUT2D eigenvalue weighted by atomic mass is 19.1. The van der Waals surface area contributed by atoms with Gasteiger partial charge in [-0.1, -0.05) is 0 Å². The van der Waals surface area contributed by atoms with Crippen molar-refractivity contribution in [1.29, 1.82) is 0 Å². The van der Waals surface area contributed by atoms with Gasteiger partial charge in [-0.2, -0.15) is 5.10 Å². The van der Waals surface area contributed by atoms with E-state index in [0.29, 0.717) is 35.2 Å². The van der Waals surface area contributed by atoms with Crippen LogP contribution in [-0.2, 0) is 0 Å². The third kappa shape index (κ3) is 2.60. The van der Waals surface area contributed by atoms with Gasteiger partial charge >= 0.3 is 0 Å². The maximum atomic E-state index is 14.4. The first-order chi connectivity index (χ1) is 12.3. The third-order valence-corrected chi connectivity index (χ3v) is 4.90. The molecule has 2 aromatic heterocycles. The average Bonchev–Trinajstić information content (AvgIpc) is 3.23. The molecule has 2 atom stereocenters. The molecule has 128 valence electrons. The number of rotatable bonds is 0. The van der Waals surface area contributed by atoms with Crippen LogP contribution in [0.5, 0.6) is 5.75 Å². The Morgan fingerprint density at radius 2 is 2.16 bits per heavy atom. The molecule has 0 spiro atoms. The van der Waals surface area contributed by atoms with Gasteiger partial charge in [0.25, 0.3) is 0 Å². The zero-order chi connectivity index (χ0) is 16.8. The highest BCUT2D eigenvalue weighted by Gasteiger charge is 2.23. The predicted molar refractivity (Wildman–Crippen MR) is 92.3 cm³/mol. The van der Waals surface area contributed by atoms with Gasteiger partial charge in [0.2, 0.25) is 0 Å². The van der Waals surface area contributed by atoms with Gasteiger partial charge in [-0.3, -0.25) is 4.90 Å². The molecular weight excluding hydrogens is 321 g/mol. The van der Waals surface area contributed by atoms with Crippen molar-refractivity contribution >= 4 is 11.5 Å². The lowest BCUT2D eigenvalue weighted by atomic mass is 10.1. The summed E-state index contributed by atoms with van der Waals surface area (Å²) in [6, 6.07) is 7.11. The van der Waals surface area contributed by atoms with Crippen LogP contribution in [0.4, 0.5) is 10.2 Å². The fraction of sp³-hybridized carbons (Fsp3) is 0.333. The molecule has 6 nitrogen and oxygen atoms in total. The van der Waals surface area contributed by atoms with Gasteiger partial charge in [0.1, 0.15) is 24.0 Å². The average molecular weight is 339 g/mol. The number of nitrogens with one attached hydrogen (secondary N) is 1. The van der Waals surface area contributed by atoms with Crippen molar-refractivity contribution in [3.8, 4) is 16.9 Å². The molecule has 0 radical (unpaired) electrons. The molecule has 6 bridgehead atoms. The second-order valence-electron chi connectivity index (χ2n) is 6.56. The first-order valence-electron chi connectivity index (χ1n) is 8.52. The summed E-state index contributed by atoms with van der Waals surface area (Å²) in [4.78, 5) is 7.05. The topological polar surface area (TPSA) is 54.7 Å². The lowest BCUT2D eigenvalue weighted by Crippen LogP contribution is -2.29. The van der Waals surface area contributed by atoms with E-state index in [-0.39, 0.29) is 5.82 Å². The van der Waals surface area contributed by atoms with Gasteiger partial charge < -0.3 is 10.1 Å². The summed E-state index contributed by atoms with van der Waals surface area (Å²) in [5, 5.41) is 7.80. The van der Waals surface area contributed by atoms with Gasteiger partial charge in [0.15, 0.2) is 5.65 Å². The highest BCUT2D eigenvalue weighted by molar-refractivity contribution is 5.78. The number of nitrogens with zero attached hydrogens (tertiary/aromatic N) is 4. The number of anilines is 1. The van der Waals surface area contributed by atoms with E-state index in [0.717, 1.165) is 31.9 Å². The smallest absolute Gasteiger partial charge is 0.165 e. The number of ether oxygens (including phenoxy) is 1. The lowest BCUT2D eigenvalue weighted by molar-refractivity contribution is 0.236. The second kappa shape index (κ2) is 5.70.